The van der Waals surface area contributed by atoms with E-state index in [0.717, 1.165) is 5.92 Å². The topological polar surface area (TPSA) is 3.24 Å². The lowest BCUT2D eigenvalue weighted by Gasteiger charge is -2.36. The van der Waals surface area contributed by atoms with Gasteiger partial charge in [0.15, 0.2) is 0 Å². The molecule has 1 fully saturated rings. The molecular formula is C17H21NS. The molecule has 2 aromatic rings. The Morgan fingerprint density at radius 1 is 1.05 bits per heavy atom. The molecule has 0 saturated carbocycles. The molecule has 0 spiro atoms. The number of nitrogens with zero attached hydrogens (tertiary/aromatic N) is 1. The van der Waals surface area contributed by atoms with Crippen LogP contribution >= 0.6 is 11.3 Å². The average Bonchev–Trinajstić information content (AvgIpc) is 2.96. The second kappa shape index (κ2) is 5.89. The van der Waals surface area contributed by atoms with Crippen LogP contribution in [0.25, 0.3) is 0 Å². The van der Waals surface area contributed by atoms with Gasteiger partial charge in [-0.25, -0.2) is 0 Å². The molecule has 2 heterocycles. The summed E-state index contributed by atoms with van der Waals surface area (Å²) in [4.78, 5) is 2.65. The zero-order valence-electron chi connectivity index (χ0n) is 11.5. The molecule has 0 radical (unpaired) electrons. The summed E-state index contributed by atoms with van der Waals surface area (Å²) >= 11 is 1.80. The molecule has 19 heavy (non-hydrogen) atoms. The van der Waals surface area contributed by atoms with Gasteiger partial charge in [0.05, 0.1) is 6.04 Å². The van der Waals surface area contributed by atoms with E-state index in [-0.39, 0.29) is 0 Å². The van der Waals surface area contributed by atoms with Gasteiger partial charge in [0.1, 0.15) is 0 Å². The predicted octanol–water partition coefficient (Wildman–Crippen LogP) is 4.57. The van der Waals surface area contributed by atoms with E-state index in [1.807, 2.05) is 0 Å². The van der Waals surface area contributed by atoms with E-state index >= 15 is 0 Å². The highest BCUT2D eigenvalue weighted by atomic mass is 32.1. The van der Waals surface area contributed by atoms with E-state index in [0.29, 0.717) is 6.04 Å². The molecule has 1 aliphatic heterocycles. The smallest absolute Gasteiger partial charge is 0.0610 e. The summed E-state index contributed by atoms with van der Waals surface area (Å²) in [7, 11) is 0. The summed E-state index contributed by atoms with van der Waals surface area (Å²) in [5.74, 6) is 0.884. The predicted molar refractivity (Wildman–Crippen MR) is 82.6 cm³/mol. The lowest BCUT2D eigenvalue weighted by molar-refractivity contribution is 0.158. The van der Waals surface area contributed by atoms with E-state index in [4.69, 9.17) is 0 Å². The van der Waals surface area contributed by atoms with Crippen molar-refractivity contribution in [2.45, 2.75) is 25.8 Å². The third-order valence-corrected chi connectivity index (χ3v) is 4.86. The monoisotopic (exact) mass is 271 g/mol. The number of benzene rings is 1. The van der Waals surface area contributed by atoms with Gasteiger partial charge in [-0.05, 0) is 59.8 Å². The van der Waals surface area contributed by atoms with Gasteiger partial charge < -0.3 is 0 Å². The molecule has 0 aliphatic carbocycles. The van der Waals surface area contributed by atoms with Crippen molar-refractivity contribution < 1.29 is 0 Å². The van der Waals surface area contributed by atoms with Crippen molar-refractivity contribution in [3.05, 3.63) is 58.3 Å². The van der Waals surface area contributed by atoms with Crippen LogP contribution in [-0.2, 0) is 0 Å². The van der Waals surface area contributed by atoms with Crippen LogP contribution in [0.15, 0.2) is 47.2 Å². The van der Waals surface area contributed by atoms with Crippen LogP contribution in [0.4, 0.5) is 0 Å². The van der Waals surface area contributed by atoms with Crippen molar-refractivity contribution in [1.82, 2.24) is 4.90 Å². The second-order valence-corrected chi connectivity index (χ2v) is 6.37. The Labute approximate surface area is 119 Å². The van der Waals surface area contributed by atoms with Crippen LogP contribution in [-0.4, -0.2) is 18.0 Å². The SMILES string of the molecule is CC1CCN(C(c2ccccc2)c2ccsc2)CC1. The molecule has 1 nitrogen and oxygen atoms in total. The summed E-state index contributed by atoms with van der Waals surface area (Å²) in [6, 6.07) is 13.7. The first kappa shape index (κ1) is 12.9. The normalized spacial score (nSPS) is 19.4. The van der Waals surface area contributed by atoms with Crippen LogP contribution in [0.2, 0.25) is 0 Å². The van der Waals surface area contributed by atoms with Gasteiger partial charge in [-0.3, -0.25) is 4.90 Å². The van der Waals surface area contributed by atoms with Crippen molar-refractivity contribution in [2.75, 3.05) is 13.1 Å². The minimum Gasteiger partial charge on any atom is -0.292 e. The number of hydrogen-bond donors (Lipinski definition) is 0. The Kier molecular flexibility index (Phi) is 4.00. The Morgan fingerprint density at radius 2 is 1.79 bits per heavy atom. The Bertz CT molecular complexity index is 483. The summed E-state index contributed by atoms with van der Waals surface area (Å²) in [5.41, 5.74) is 2.88. The lowest BCUT2D eigenvalue weighted by Crippen LogP contribution is -2.36. The van der Waals surface area contributed by atoms with Crippen molar-refractivity contribution in [3.63, 3.8) is 0 Å². The van der Waals surface area contributed by atoms with Gasteiger partial charge in [0.2, 0.25) is 0 Å². The van der Waals surface area contributed by atoms with Crippen LogP contribution < -0.4 is 0 Å². The standard InChI is InChI=1S/C17H21NS/c1-14-7-10-18(11-8-14)17(16-9-12-19-13-16)15-5-3-2-4-6-15/h2-6,9,12-14,17H,7-8,10-11H2,1H3. The Morgan fingerprint density at radius 3 is 2.42 bits per heavy atom. The van der Waals surface area contributed by atoms with E-state index in [2.05, 4.69) is 59.0 Å². The van der Waals surface area contributed by atoms with Gasteiger partial charge in [0, 0.05) is 0 Å². The molecule has 100 valence electrons. The third-order valence-electron chi connectivity index (χ3n) is 4.16. The van der Waals surface area contributed by atoms with Gasteiger partial charge in [-0.15, -0.1) is 0 Å². The fraction of sp³-hybridized carbons (Fsp3) is 0.412. The highest BCUT2D eigenvalue weighted by Crippen LogP contribution is 2.33. The average molecular weight is 271 g/mol. The zero-order chi connectivity index (χ0) is 13.1. The van der Waals surface area contributed by atoms with Crippen molar-refractivity contribution in [3.8, 4) is 0 Å². The van der Waals surface area contributed by atoms with Crippen molar-refractivity contribution >= 4 is 11.3 Å². The minimum atomic E-state index is 0.444. The largest absolute Gasteiger partial charge is 0.292 e. The van der Waals surface area contributed by atoms with Gasteiger partial charge >= 0.3 is 0 Å². The van der Waals surface area contributed by atoms with Crippen LogP contribution in [0.5, 0.6) is 0 Å². The summed E-state index contributed by atoms with van der Waals surface area (Å²) in [6.07, 6.45) is 2.65. The summed E-state index contributed by atoms with van der Waals surface area (Å²) in [6.45, 7) is 4.81. The van der Waals surface area contributed by atoms with Crippen molar-refractivity contribution in [2.24, 2.45) is 5.92 Å². The second-order valence-electron chi connectivity index (χ2n) is 5.59. The van der Waals surface area contributed by atoms with Gasteiger partial charge in [-0.1, -0.05) is 37.3 Å². The molecule has 1 saturated heterocycles. The first-order valence-corrected chi connectivity index (χ1v) is 8.10. The molecule has 1 atom stereocenters. The molecule has 0 bridgehead atoms. The minimum absolute atomic E-state index is 0.444. The van der Waals surface area contributed by atoms with Gasteiger partial charge in [-0.2, -0.15) is 11.3 Å². The molecular weight excluding hydrogens is 250 g/mol. The highest BCUT2D eigenvalue weighted by molar-refractivity contribution is 7.08. The van der Waals surface area contributed by atoms with Gasteiger partial charge in [0.25, 0.3) is 0 Å². The van der Waals surface area contributed by atoms with E-state index in [9.17, 15) is 0 Å². The first-order valence-electron chi connectivity index (χ1n) is 7.15. The fourth-order valence-corrected chi connectivity index (χ4v) is 3.65. The number of likely N-dealkylation sites (tertiary alicyclic amines) is 1. The van der Waals surface area contributed by atoms with E-state index < -0.39 is 0 Å². The molecule has 2 heteroatoms. The van der Waals surface area contributed by atoms with Crippen LogP contribution in [0.3, 0.4) is 0 Å². The van der Waals surface area contributed by atoms with E-state index in [1.165, 1.54) is 37.1 Å². The number of rotatable bonds is 3. The van der Waals surface area contributed by atoms with Crippen LogP contribution in [0.1, 0.15) is 36.9 Å². The molecule has 0 amide bonds. The lowest BCUT2D eigenvalue weighted by atomic mass is 9.93. The fourth-order valence-electron chi connectivity index (χ4n) is 2.97. The van der Waals surface area contributed by atoms with Crippen LogP contribution in [0, 0.1) is 5.92 Å². The summed E-state index contributed by atoms with van der Waals surface area (Å²) < 4.78 is 0. The Balaban J connectivity index is 1.89. The molecule has 0 N–H and O–H groups in total. The maximum absolute atomic E-state index is 2.65. The number of thiophene rings is 1. The molecule has 3 rings (SSSR count). The zero-order valence-corrected chi connectivity index (χ0v) is 12.3. The van der Waals surface area contributed by atoms with E-state index in [1.54, 1.807) is 11.3 Å². The Hall–Kier alpha value is -1.12. The van der Waals surface area contributed by atoms with Crippen molar-refractivity contribution in [1.29, 1.82) is 0 Å². The maximum Gasteiger partial charge on any atom is 0.0610 e. The summed E-state index contributed by atoms with van der Waals surface area (Å²) in [5, 5.41) is 4.49. The quantitative estimate of drug-likeness (QED) is 0.790. The first-order chi connectivity index (χ1) is 9.34. The highest BCUT2D eigenvalue weighted by Gasteiger charge is 2.25. The number of piperidine rings is 1. The molecule has 1 unspecified atom stereocenters. The molecule has 1 aromatic carbocycles. The number of hydrogen-bond acceptors (Lipinski definition) is 2. The maximum atomic E-state index is 2.65. The third kappa shape index (κ3) is 2.90. The molecule has 1 aliphatic rings. The molecule has 1 aromatic heterocycles.